The number of benzene rings is 2. The van der Waals surface area contributed by atoms with Crippen LogP contribution in [0.25, 0.3) is 17.4 Å². The van der Waals surface area contributed by atoms with Crippen molar-refractivity contribution in [3.8, 4) is 11.3 Å². The Hall–Kier alpha value is -4.44. The van der Waals surface area contributed by atoms with Gasteiger partial charge in [-0.1, -0.05) is 30.3 Å². The maximum atomic E-state index is 12.4. The van der Waals surface area contributed by atoms with Crippen LogP contribution in [0.1, 0.15) is 28.6 Å². The number of rotatable bonds is 5. The van der Waals surface area contributed by atoms with Crippen molar-refractivity contribution in [3.63, 3.8) is 0 Å². The quantitative estimate of drug-likeness (QED) is 0.319. The number of hydrogen-bond donors (Lipinski definition) is 2. The first-order valence-electron chi connectivity index (χ1n) is 10.7. The number of carbonyl (C=O) groups excluding carboxylic acids is 3. The number of esters is 1. The van der Waals surface area contributed by atoms with Crippen LogP contribution in [-0.2, 0) is 14.3 Å². The largest absolute Gasteiger partial charge is 0.462 e. The zero-order valence-electron chi connectivity index (χ0n) is 18.4. The Balaban J connectivity index is 1.31. The third kappa shape index (κ3) is 4.64. The van der Waals surface area contributed by atoms with E-state index in [1.807, 2.05) is 6.07 Å². The van der Waals surface area contributed by atoms with E-state index in [9.17, 15) is 14.4 Å². The predicted molar refractivity (Wildman–Crippen MR) is 133 cm³/mol. The molecule has 174 valence electrons. The molecule has 2 amide bonds. The van der Waals surface area contributed by atoms with E-state index in [4.69, 9.17) is 9.15 Å². The molecule has 2 aromatic carbocycles. The van der Waals surface area contributed by atoms with Crippen molar-refractivity contribution in [3.05, 3.63) is 82.5 Å². The van der Waals surface area contributed by atoms with Gasteiger partial charge in [-0.3, -0.25) is 14.9 Å². The minimum Gasteiger partial charge on any atom is -0.462 e. The van der Waals surface area contributed by atoms with Crippen LogP contribution < -0.4 is 10.6 Å². The summed E-state index contributed by atoms with van der Waals surface area (Å²) in [7, 11) is 0. The van der Waals surface area contributed by atoms with E-state index in [0.717, 1.165) is 17.3 Å². The monoisotopic (exact) mass is 486 g/mol. The van der Waals surface area contributed by atoms with Crippen LogP contribution in [0, 0.1) is 0 Å². The number of hydrogen-bond acceptors (Lipinski definition) is 8. The minimum absolute atomic E-state index is 0.185. The number of amides is 2. The Bertz CT molecular complexity index is 1440. The second kappa shape index (κ2) is 9.43. The number of nitrogens with zero attached hydrogens (tertiary/aromatic N) is 2. The molecule has 2 N–H and O–H groups in total. The number of anilines is 1. The predicted octanol–water partition coefficient (Wildman–Crippen LogP) is 4.04. The van der Waals surface area contributed by atoms with Gasteiger partial charge in [0.2, 0.25) is 0 Å². The molecule has 3 heterocycles. The molecule has 0 bridgehead atoms. The van der Waals surface area contributed by atoms with Gasteiger partial charge in [-0.25, -0.2) is 4.79 Å². The molecule has 0 radical (unpaired) electrons. The molecule has 0 unspecified atom stereocenters. The number of carbonyl (C=O) groups is 3. The van der Waals surface area contributed by atoms with E-state index < -0.39 is 0 Å². The lowest BCUT2D eigenvalue weighted by molar-refractivity contribution is -0.115. The van der Waals surface area contributed by atoms with E-state index in [1.165, 1.54) is 0 Å². The molecular formula is C25H18N4O5S. The van der Waals surface area contributed by atoms with Gasteiger partial charge in [0.25, 0.3) is 11.8 Å². The molecule has 0 spiro atoms. The summed E-state index contributed by atoms with van der Waals surface area (Å²) in [5.74, 6) is -0.0137. The topological polar surface area (TPSA) is 122 Å². The summed E-state index contributed by atoms with van der Waals surface area (Å²) in [4.78, 5) is 36.7. The van der Waals surface area contributed by atoms with Gasteiger partial charge < -0.3 is 14.5 Å². The number of furan rings is 1. The average molecular weight is 487 g/mol. The van der Waals surface area contributed by atoms with Crippen molar-refractivity contribution in [1.29, 1.82) is 0 Å². The zero-order valence-corrected chi connectivity index (χ0v) is 19.2. The fourth-order valence-corrected chi connectivity index (χ4v) is 4.22. The molecule has 1 aromatic heterocycles. The fraction of sp³-hybridized carbons (Fsp3) is 0.0800. The number of amidine groups is 1. The van der Waals surface area contributed by atoms with Crippen LogP contribution in [0.3, 0.4) is 0 Å². The molecule has 0 atom stereocenters. The Morgan fingerprint density at radius 1 is 1.00 bits per heavy atom. The first-order valence-corrected chi connectivity index (χ1v) is 11.5. The lowest BCUT2D eigenvalue weighted by atomic mass is 10.1. The van der Waals surface area contributed by atoms with Crippen molar-refractivity contribution in [2.24, 2.45) is 10.2 Å². The van der Waals surface area contributed by atoms with Crippen LogP contribution in [0.5, 0.6) is 0 Å². The highest BCUT2D eigenvalue weighted by atomic mass is 32.2. The Labute approximate surface area is 204 Å². The van der Waals surface area contributed by atoms with Crippen LogP contribution in [0.4, 0.5) is 5.69 Å². The van der Waals surface area contributed by atoms with Crippen molar-refractivity contribution in [2.75, 3.05) is 11.9 Å². The molecule has 2 aliphatic rings. The molecule has 2 aliphatic heterocycles. The highest BCUT2D eigenvalue weighted by Gasteiger charge is 2.27. The molecule has 5 rings (SSSR count). The van der Waals surface area contributed by atoms with E-state index in [1.54, 1.807) is 67.6 Å². The second-order valence-electron chi connectivity index (χ2n) is 7.42. The number of nitrogens with one attached hydrogen (secondary N) is 2. The van der Waals surface area contributed by atoms with E-state index in [0.29, 0.717) is 39.8 Å². The van der Waals surface area contributed by atoms with Crippen molar-refractivity contribution in [2.45, 2.75) is 6.92 Å². The standard InChI is InChI=1S/C25H18N4O5S/c1-2-33-24(32)15-9-7-14(8-10-15)19-12-11-16(34-19)13-20-22(30)27-25(35-20)29-28-21-17-5-3-4-6-18(17)26-23(21)31/h3-13H,2H2,1H3,(H,26,28,31)(H,27,29,30)/b20-13-. The molecule has 0 saturated carbocycles. The molecule has 3 aromatic rings. The number of para-hydroxylation sites is 1. The summed E-state index contributed by atoms with van der Waals surface area (Å²) >= 11 is 1.09. The van der Waals surface area contributed by atoms with Crippen molar-refractivity contribution in [1.82, 2.24) is 5.32 Å². The fourth-order valence-electron chi connectivity index (χ4n) is 3.47. The summed E-state index contributed by atoms with van der Waals surface area (Å²) in [5.41, 5.74) is 2.75. The smallest absolute Gasteiger partial charge is 0.338 e. The van der Waals surface area contributed by atoms with Crippen molar-refractivity contribution < 1.29 is 23.5 Å². The van der Waals surface area contributed by atoms with Crippen molar-refractivity contribution >= 4 is 52.2 Å². The summed E-state index contributed by atoms with van der Waals surface area (Å²) in [6, 6.07) is 17.6. The Kier molecular flexibility index (Phi) is 6.02. The number of ether oxygens (including phenoxy) is 1. The highest BCUT2D eigenvalue weighted by Crippen LogP contribution is 2.29. The first kappa shape index (κ1) is 22.4. The molecule has 10 heteroatoms. The lowest BCUT2D eigenvalue weighted by Gasteiger charge is -2.02. The first-order chi connectivity index (χ1) is 17.0. The van der Waals surface area contributed by atoms with E-state index in [2.05, 4.69) is 20.8 Å². The highest BCUT2D eigenvalue weighted by molar-refractivity contribution is 8.18. The normalized spacial score (nSPS) is 18.1. The lowest BCUT2D eigenvalue weighted by Crippen LogP contribution is -2.20. The van der Waals surface area contributed by atoms with Gasteiger partial charge in [0, 0.05) is 17.2 Å². The summed E-state index contributed by atoms with van der Waals surface area (Å²) in [5, 5.41) is 13.7. The molecule has 1 fully saturated rings. The Morgan fingerprint density at radius 3 is 2.60 bits per heavy atom. The molecular weight excluding hydrogens is 468 g/mol. The molecule has 1 saturated heterocycles. The average Bonchev–Trinajstić information content (AvgIpc) is 3.55. The third-order valence-corrected chi connectivity index (χ3v) is 6.02. The zero-order chi connectivity index (χ0) is 24.4. The van der Waals surface area contributed by atoms with Gasteiger partial charge in [-0.15, -0.1) is 10.2 Å². The van der Waals surface area contributed by atoms with Crippen LogP contribution in [-0.4, -0.2) is 35.3 Å². The summed E-state index contributed by atoms with van der Waals surface area (Å²) in [6.07, 6.45) is 1.60. The van der Waals surface area contributed by atoms with Gasteiger partial charge in [0.15, 0.2) is 10.9 Å². The SMILES string of the molecule is CCOC(=O)c1ccc(-c2ccc(/C=C3\S/C(=N\N=C4/C(=O)Nc5ccccc54)NC3=O)o2)cc1. The summed E-state index contributed by atoms with van der Waals surface area (Å²) in [6.45, 7) is 2.06. The molecule has 9 nitrogen and oxygen atoms in total. The van der Waals surface area contributed by atoms with Crippen LogP contribution in [0.15, 0.2) is 80.2 Å². The number of fused-ring (bicyclic) bond motifs is 1. The van der Waals surface area contributed by atoms with Gasteiger partial charge in [0.05, 0.1) is 22.8 Å². The molecule has 35 heavy (non-hydrogen) atoms. The van der Waals surface area contributed by atoms with Crippen LogP contribution >= 0.6 is 11.8 Å². The third-order valence-electron chi connectivity index (χ3n) is 5.12. The van der Waals surface area contributed by atoms with E-state index >= 15 is 0 Å². The van der Waals surface area contributed by atoms with Gasteiger partial charge in [0.1, 0.15) is 11.5 Å². The minimum atomic E-state index is -0.381. The Morgan fingerprint density at radius 2 is 1.80 bits per heavy atom. The van der Waals surface area contributed by atoms with Crippen LogP contribution in [0.2, 0.25) is 0 Å². The van der Waals surface area contributed by atoms with Gasteiger partial charge in [-0.05, 0) is 49.0 Å². The van der Waals surface area contributed by atoms with E-state index in [-0.39, 0.29) is 28.7 Å². The van der Waals surface area contributed by atoms with Gasteiger partial charge in [-0.2, -0.15) is 0 Å². The van der Waals surface area contributed by atoms with Gasteiger partial charge >= 0.3 is 5.97 Å². The number of thioether (sulfide) groups is 1. The molecule has 0 aliphatic carbocycles. The maximum absolute atomic E-state index is 12.4. The maximum Gasteiger partial charge on any atom is 0.338 e. The summed E-state index contributed by atoms with van der Waals surface area (Å²) < 4.78 is 10.8. The second-order valence-corrected chi connectivity index (χ2v) is 8.45.